The van der Waals surface area contributed by atoms with Crippen molar-refractivity contribution in [1.82, 2.24) is 9.97 Å². The van der Waals surface area contributed by atoms with E-state index in [9.17, 15) is 4.79 Å². The lowest BCUT2D eigenvalue weighted by Crippen LogP contribution is -1.95. The van der Waals surface area contributed by atoms with Crippen molar-refractivity contribution in [2.45, 2.75) is 6.92 Å². The normalized spacial score (nSPS) is 11.3. The summed E-state index contributed by atoms with van der Waals surface area (Å²) in [5.74, 6) is 0.830. The van der Waals surface area contributed by atoms with Crippen LogP contribution in [0, 0.1) is 0 Å². The van der Waals surface area contributed by atoms with Crippen LogP contribution in [0.4, 0.5) is 0 Å². The standard InChI is InChI=1S/C23H17ClN2O/c1-15(27)19-4-2-3-5-20(19)17-9-12-21-22(14-17)26-23(25-21)13-8-16-6-10-18(24)11-7-16/h2-14H,1H3,(H,25,26). The van der Waals surface area contributed by atoms with Crippen LogP contribution in [0.2, 0.25) is 5.02 Å². The van der Waals surface area contributed by atoms with Crippen molar-refractivity contribution in [3.63, 3.8) is 0 Å². The van der Waals surface area contributed by atoms with E-state index in [0.717, 1.165) is 39.1 Å². The molecule has 0 aliphatic carbocycles. The first-order valence-electron chi connectivity index (χ1n) is 8.64. The highest BCUT2D eigenvalue weighted by Gasteiger charge is 2.10. The van der Waals surface area contributed by atoms with Gasteiger partial charge in [-0.25, -0.2) is 4.98 Å². The summed E-state index contributed by atoms with van der Waals surface area (Å²) in [6.45, 7) is 1.59. The number of hydrogen-bond donors (Lipinski definition) is 1. The van der Waals surface area contributed by atoms with Gasteiger partial charge in [0.05, 0.1) is 11.0 Å². The van der Waals surface area contributed by atoms with Crippen LogP contribution in [0.25, 0.3) is 34.3 Å². The van der Waals surface area contributed by atoms with Gasteiger partial charge in [0.25, 0.3) is 0 Å². The Balaban J connectivity index is 1.68. The second kappa shape index (κ2) is 7.22. The lowest BCUT2D eigenvalue weighted by Gasteiger charge is -2.06. The molecule has 0 saturated carbocycles. The predicted molar refractivity (Wildman–Crippen MR) is 112 cm³/mol. The van der Waals surface area contributed by atoms with E-state index in [0.29, 0.717) is 5.02 Å². The summed E-state index contributed by atoms with van der Waals surface area (Å²) in [4.78, 5) is 19.9. The molecule has 0 amide bonds. The SMILES string of the molecule is CC(=O)c1ccccc1-c1ccc2[nH]c(C=Cc3ccc(Cl)cc3)nc2c1. The van der Waals surface area contributed by atoms with Gasteiger partial charge in [0, 0.05) is 10.6 Å². The summed E-state index contributed by atoms with van der Waals surface area (Å²) < 4.78 is 0. The van der Waals surface area contributed by atoms with E-state index in [1.807, 2.05) is 78.9 Å². The lowest BCUT2D eigenvalue weighted by molar-refractivity contribution is 0.101. The summed E-state index contributed by atoms with van der Waals surface area (Å²) in [5, 5.41) is 0.717. The number of Topliss-reactive ketones (excluding diaryl/α,β-unsaturated/α-hetero) is 1. The maximum atomic E-state index is 11.9. The highest BCUT2D eigenvalue weighted by molar-refractivity contribution is 6.30. The third-order valence-electron chi connectivity index (χ3n) is 4.42. The third kappa shape index (κ3) is 3.69. The van der Waals surface area contributed by atoms with E-state index in [1.165, 1.54) is 0 Å². The molecular weight excluding hydrogens is 356 g/mol. The van der Waals surface area contributed by atoms with E-state index >= 15 is 0 Å². The molecule has 0 aliphatic rings. The Morgan fingerprint density at radius 1 is 1.00 bits per heavy atom. The number of H-pyrrole nitrogens is 1. The fourth-order valence-corrected chi connectivity index (χ4v) is 3.19. The number of aromatic nitrogens is 2. The minimum Gasteiger partial charge on any atom is -0.338 e. The minimum absolute atomic E-state index is 0.0549. The van der Waals surface area contributed by atoms with Crippen LogP contribution in [0.1, 0.15) is 28.7 Å². The number of halogens is 1. The van der Waals surface area contributed by atoms with E-state index in [1.54, 1.807) is 6.92 Å². The Morgan fingerprint density at radius 3 is 2.56 bits per heavy atom. The van der Waals surface area contributed by atoms with Crippen molar-refractivity contribution < 1.29 is 4.79 Å². The van der Waals surface area contributed by atoms with Gasteiger partial charge in [0.15, 0.2) is 5.78 Å². The number of nitrogens with one attached hydrogen (secondary N) is 1. The maximum Gasteiger partial charge on any atom is 0.160 e. The van der Waals surface area contributed by atoms with Gasteiger partial charge in [-0.05, 0) is 54.0 Å². The molecule has 4 rings (SSSR count). The first-order valence-corrected chi connectivity index (χ1v) is 9.02. The minimum atomic E-state index is 0.0549. The van der Waals surface area contributed by atoms with Crippen LogP contribution in [-0.4, -0.2) is 15.8 Å². The Kier molecular flexibility index (Phi) is 4.61. The van der Waals surface area contributed by atoms with Gasteiger partial charge in [-0.15, -0.1) is 0 Å². The van der Waals surface area contributed by atoms with Gasteiger partial charge in [0.2, 0.25) is 0 Å². The molecule has 0 spiro atoms. The third-order valence-corrected chi connectivity index (χ3v) is 4.67. The monoisotopic (exact) mass is 372 g/mol. The Hall–Kier alpha value is -3.17. The maximum absolute atomic E-state index is 11.9. The van der Waals surface area contributed by atoms with Crippen molar-refractivity contribution in [2.24, 2.45) is 0 Å². The zero-order valence-electron chi connectivity index (χ0n) is 14.7. The summed E-state index contributed by atoms with van der Waals surface area (Å²) in [6.07, 6.45) is 3.92. The largest absolute Gasteiger partial charge is 0.338 e. The highest BCUT2D eigenvalue weighted by atomic mass is 35.5. The molecule has 1 heterocycles. The van der Waals surface area contributed by atoms with Crippen LogP contribution >= 0.6 is 11.6 Å². The number of imidazole rings is 1. The number of fused-ring (bicyclic) bond motifs is 1. The van der Waals surface area contributed by atoms with Crippen molar-refractivity contribution in [2.75, 3.05) is 0 Å². The average molecular weight is 373 g/mol. The number of nitrogens with zero attached hydrogens (tertiary/aromatic N) is 1. The Morgan fingerprint density at radius 2 is 1.78 bits per heavy atom. The average Bonchev–Trinajstić information content (AvgIpc) is 3.09. The number of rotatable bonds is 4. The highest BCUT2D eigenvalue weighted by Crippen LogP contribution is 2.27. The van der Waals surface area contributed by atoms with Gasteiger partial charge in [-0.1, -0.05) is 60.1 Å². The van der Waals surface area contributed by atoms with Crippen molar-refractivity contribution in [1.29, 1.82) is 0 Å². The summed E-state index contributed by atoms with van der Waals surface area (Å²) in [7, 11) is 0. The molecule has 1 N–H and O–H groups in total. The first-order chi connectivity index (χ1) is 13.1. The van der Waals surface area contributed by atoms with Gasteiger partial charge < -0.3 is 4.98 Å². The zero-order chi connectivity index (χ0) is 18.8. The van der Waals surface area contributed by atoms with Crippen molar-refractivity contribution in [3.05, 3.63) is 88.7 Å². The fraction of sp³-hybridized carbons (Fsp3) is 0.0435. The van der Waals surface area contributed by atoms with E-state index in [-0.39, 0.29) is 5.78 Å². The van der Waals surface area contributed by atoms with Gasteiger partial charge >= 0.3 is 0 Å². The molecule has 3 aromatic carbocycles. The molecule has 4 aromatic rings. The molecule has 1 aromatic heterocycles. The number of hydrogen-bond acceptors (Lipinski definition) is 2. The number of carbonyl (C=O) groups is 1. The quantitative estimate of drug-likeness (QED) is 0.430. The van der Waals surface area contributed by atoms with Crippen LogP contribution in [0.5, 0.6) is 0 Å². The molecule has 3 nitrogen and oxygen atoms in total. The second-order valence-electron chi connectivity index (χ2n) is 6.34. The topological polar surface area (TPSA) is 45.8 Å². The summed E-state index contributed by atoms with van der Waals surface area (Å²) in [5.41, 5.74) is 5.49. The Labute approximate surface area is 162 Å². The van der Waals surface area contributed by atoms with Crippen LogP contribution in [-0.2, 0) is 0 Å². The molecule has 0 bridgehead atoms. The van der Waals surface area contributed by atoms with E-state index in [4.69, 9.17) is 11.6 Å². The number of benzene rings is 3. The van der Waals surface area contributed by atoms with Crippen LogP contribution in [0.15, 0.2) is 66.7 Å². The van der Waals surface area contributed by atoms with Gasteiger partial charge in [0.1, 0.15) is 5.82 Å². The molecular formula is C23H17ClN2O. The fourth-order valence-electron chi connectivity index (χ4n) is 3.06. The molecule has 132 valence electrons. The van der Waals surface area contributed by atoms with Crippen LogP contribution < -0.4 is 0 Å². The summed E-state index contributed by atoms with van der Waals surface area (Å²) in [6, 6.07) is 21.3. The molecule has 27 heavy (non-hydrogen) atoms. The van der Waals surface area contributed by atoms with Crippen molar-refractivity contribution in [3.8, 4) is 11.1 Å². The number of ketones is 1. The molecule has 4 heteroatoms. The number of aromatic amines is 1. The first kappa shape index (κ1) is 17.3. The van der Waals surface area contributed by atoms with Gasteiger partial charge in [-0.3, -0.25) is 4.79 Å². The summed E-state index contributed by atoms with van der Waals surface area (Å²) >= 11 is 5.91. The molecule has 0 saturated heterocycles. The molecule has 0 aliphatic heterocycles. The number of carbonyl (C=O) groups excluding carboxylic acids is 1. The second-order valence-corrected chi connectivity index (χ2v) is 6.78. The molecule has 0 atom stereocenters. The predicted octanol–water partition coefficient (Wildman–Crippen LogP) is 6.26. The van der Waals surface area contributed by atoms with E-state index < -0.39 is 0 Å². The molecule has 0 fully saturated rings. The Bertz CT molecular complexity index is 1160. The smallest absolute Gasteiger partial charge is 0.160 e. The van der Waals surface area contributed by atoms with E-state index in [2.05, 4.69) is 9.97 Å². The van der Waals surface area contributed by atoms with Crippen molar-refractivity contribution >= 4 is 40.6 Å². The zero-order valence-corrected chi connectivity index (χ0v) is 15.5. The molecule has 0 unspecified atom stereocenters. The van der Waals surface area contributed by atoms with Crippen LogP contribution in [0.3, 0.4) is 0 Å². The molecule has 0 radical (unpaired) electrons. The lowest BCUT2D eigenvalue weighted by atomic mass is 9.97. The van der Waals surface area contributed by atoms with Gasteiger partial charge in [-0.2, -0.15) is 0 Å².